The maximum Gasteiger partial charge on any atom is 0.330 e. The molecular weight excluding hydrogens is 312 g/mol. The monoisotopic (exact) mass is 354 g/mol. The summed E-state index contributed by atoms with van der Waals surface area (Å²) in [6.07, 6.45) is 12.8. The van der Waals surface area contributed by atoms with Crippen molar-refractivity contribution < 1.29 is 18.5 Å². The van der Waals surface area contributed by atoms with Crippen molar-refractivity contribution in [3.63, 3.8) is 0 Å². The molecule has 0 amide bonds. The first kappa shape index (κ1) is 22.2. The van der Waals surface area contributed by atoms with Crippen LogP contribution >= 0.6 is 0 Å². The van der Waals surface area contributed by atoms with Gasteiger partial charge >= 0.3 is 5.97 Å². The third-order valence-corrected chi connectivity index (χ3v) is 5.74. The van der Waals surface area contributed by atoms with Crippen LogP contribution in [0.25, 0.3) is 0 Å². The van der Waals surface area contributed by atoms with Crippen molar-refractivity contribution in [1.82, 2.24) is 0 Å². The average Bonchev–Trinajstić information content (AvgIpc) is 2.59. The van der Waals surface area contributed by atoms with Crippen LogP contribution in [0.4, 0.5) is 0 Å². The molecule has 25 heavy (non-hydrogen) atoms. The van der Waals surface area contributed by atoms with Gasteiger partial charge in [0.15, 0.2) is 0 Å². The third kappa shape index (κ3) is 10.7. The highest BCUT2D eigenvalue weighted by Gasteiger charge is 2.33. The van der Waals surface area contributed by atoms with E-state index in [9.17, 15) is 4.79 Å². The summed E-state index contributed by atoms with van der Waals surface area (Å²) in [5, 5.41) is 0. The lowest BCUT2D eigenvalue weighted by atomic mass is 10.1. The zero-order valence-electron chi connectivity index (χ0n) is 17.1. The van der Waals surface area contributed by atoms with Gasteiger partial charge in [0.1, 0.15) is 26.2 Å². The van der Waals surface area contributed by atoms with Crippen LogP contribution in [0.3, 0.4) is 0 Å². The molecule has 4 heteroatoms. The Morgan fingerprint density at radius 3 is 1.84 bits per heavy atom. The number of hydrogen-bond acceptors (Lipinski definition) is 2. The van der Waals surface area contributed by atoms with Crippen LogP contribution in [-0.4, -0.2) is 75.4 Å². The zero-order valence-corrected chi connectivity index (χ0v) is 17.1. The Labute approximate surface area is 156 Å². The van der Waals surface area contributed by atoms with E-state index >= 15 is 0 Å². The molecule has 0 unspecified atom stereocenters. The van der Waals surface area contributed by atoms with E-state index in [-0.39, 0.29) is 5.97 Å². The highest BCUT2D eigenvalue weighted by atomic mass is 16.5. The summed E-state index contributed by atoms with van der Waals surface area (Å²) >= 11 is 0. The first-order valence-corrected chi connectivity index (χ1v) is 10.3. The predicted octanol–water partition coefficient (Wildman–Crippen LogP) is 3.76. The summed E-state index contributed by atoms with van der Waals surface area (Å²) < 4.78 is 7.46. The standard InChI is InChI=1S/C21H42N2O2/c1-5-21(24)25-20-14-12-10-8-6-7-9-11-13-15-23(4)18-16-22(2,3)17-19-23/h5H,1,6-20H2,2-4H3/q+2. The molecule has 1 aliphatic heterocycles. The Hall–Kier alpha value is -0.870. The molecule has 0 bridgehead atoms. The smallest absolute Gasteiger partial charge is 0.330 e. The van der Waals surface area contributed by atoms with Crippen molar-refractivity contribution in [3.05, 3.63) is 12.7 Å². The number of rotatable bonds is 13. The van der Waals surface area contributed by atoms with E-state index in [2.05, 4.69) is 27.7 Å². The lowest BCUT2D eigenvalue weighted by Gasteiger charge is -2.44. The number of hydrogen-bond donors (Lipinski definition) is 0. The molecule has 1 fully saturated rings. The SMILES string of the molecule is C=CC(=O)OCCCCCCCCCCC[N+]1(C)CC[N+](C)(C)CC1. The van der Waals surface area contributed by atoms with Gasteiger partial charge in [-0.1, -0.05) is 45.1 Å². The topological polar surface area (TPSA) is 26.3 Å². The van der Waals surface area contributed by atoms with Crippen molar-refractivity contribution in [2.75, 3.05) is 60.5 Å². The predicted molar refractivity (Wildman–Crippen MR) is 105 cm³/mol. The van der Waals surface area contributed by atoms with E-state index in [0.717, 1.165) is 12.8 Å². The fourth-order valence-corrected chi connectivity index (χ4v) is 3.54. The van der Waals surface area contributed by atoms with Gasteiger partial charge in [0, 0.05) is 6.08 Å². The van der Waals surface area contributed by atoms with Gasteiger partial charge in [0.25, 0.3) is 0 Å². The fourth-order valence-electron chi connectivity index (χ4n) is 3.54. The number of ether oxygens (including phenoxy) is 1. The van der Waals surface area contributed by atoms with Gasteiger partial charge in [0.05, 0.1) is 34.3 Å². The molecule has 0 aromatic carbocycles. The number of likely N-dealkylation sites (N-methyl/N-ethyl adjacent to an activating group) is 2. The van der Waals surface area contributed by atoms with Crippen LogP contribution in [-0.2, 0) is 9.53 Å². The van der Waals surface area contributed by atoms with E-state index in [0.29, 0.717) is 6.61 Å². The first-order chi connectivity index (χ1) is 11.9. The van der Waals surface area contributed by atoms with Crippen molar-refractivity contribution in [2.24, 2.45) is 0 Å². The minimum Gasteiger partial charge on any atom is -0.463 e. The molecule has 1 aliphatic rings. The van der Waals surface area contributed by atoms with Crippen molar-refractivity contribution >= 4 is 5.97 Å². The molecule has 0 spiro atoms. The van der Waals surface area contributed by atoms with E-state index < -0.39 is 0 Å². The van der Waals surface area contributed by atoms with Gasteiger partial charge in [-0.2, -0.15) is 0 Å². The Morgan fingerprint density at radius 2 is 1.32 bits per heavy atom. The summed E-state index contributed by atoms with van der Waals surface area (Å²) in [7, 11) is 7.17. The molecule has 1 heterocycles. The highest BCUT2D eigenvalue weighted by molar-refractivity contribution is 5.81. The van der Waals surface area contributed by atoms with Crippen LogP contribution < -0.4 is 0 Å². The Morgan fingerprint density at radius 1 is 0.840 bits per heavy atom. The number of piperazine rings is 1. The van der Waals surface area contributed by atoms with Crippen molar-refractivity contribution in [3.8, 4) is 0 Å². The molecule has 0 radical (unpaired) electrons. The molecule has 0 saturated carbocycles. The average molecular weight is 355 g/mol. The summed E-state index contributed by atoms with van der Waals surface area (Å²) in [6.45, 7) is 10.6. The second-order valence-electron chi connectivity index (χ2n) is 8.73. The Kier molecular flexibility index (Phi) is 10.4. The molecule has 4 nitrogen and oxygen atoms in total. The second-order valence-corrected chi connectivity index (χ2v) is 8.73. The first-order valence-electron chi connectivity index (χ1n) is 10.3. The fraction of sp³-hybridized carbons (Fsp3) is 0.857. The van der Waals surface area contributed by atoms with Gasteiger partial charge in [-0.25, -0.2) is 4.79 Å². The van der Waals surface area contributed by atoms with E-state index in [1.807, 2.05) is 0 Å². The highest BCUT2D eigenvalue weighted by Crippen LogP contribution is 2.16. The van der Waals surface area contributed by atoms with Crippen LogP contribution in [0.15, 0.2) is 12.7 Å². The number of quaternary nitrogens is 2. The summed E-state index contributed by atoms with van der Waals surface area (Å²) in [4.78, 5) is 10.9. The molecule has 0 aliphatic carbocycles. The van der Waals surface area contributed by atoms with Crippen LogP contribution in [0, 0.1) is 0 Å². The molecule has 1 rings (SSSR count). The van der Waals surface area contributed by atoms with Gasteiger partial charge in [0.2, 0.25) is 0 Å². The Balaban J connectivity index is 1.86. The lowest BCUT2D eigenvalue weighted by molar-refractivity contribution is -1.01. The van der Waals surface area contributed by atoms with Crippen LogP contribution in [0.1, 0.15) is 57.8 Å². The number of carbonyl (C=O) groups is 1. The molecule has 0 atom stereocenters. The van der Waals surface area contributed by atoms with Crippen LogP contribution in [0.5, 0.6) is 0 Å². The summed E-state index contributed by atoms with van der Waals surface area (Å²) in [5.41, 5.74) is 0. The van der Waals surface area contributed by atoms with Crippen LogP contribution in [0.2, 0.25) is 0 Å². The maximum atomic E-state index is 10.9. The number of nitrogens with zero attached hydrogens (tertiary/aromatic N) is 2. The molecule has 0 aromatic heterocycles. The molecule has 0 aromatic rings. The van der Waals surface area contributed by atoms with E-state index in [1.54, 1.807) is 0 Å². The van der Waals surface area contributed by atoms with E-state index in [4.69, 9.17) is 4.74 Å². The molecule has 0 N–H and O–H groups in total. The Bertz CT molecular complexity index is 383. The number of carbonyl (C=O) groups excluding carboxylic acids is 1. The van der Waals surface area contributed by atoms with Gasteiger partial charge < -0.3 is 13.7 Å². The summed E-state index contributed by atoms with van der Waals surface area (Å²) in [5.74, 6) is -0.302. The van der Waals surface area contributed by atoms with Crippen molar-refractivity contribution in [2.45, 2.75) is 57.8 Å². The largest absolute Gasteiger partial charge is 0.463 e. The zero-order chi connectivity index (χ0) is 18.6. The normalized spacial score (nSPS) is 18.7. The maximum absolute atomic E-state index is 10.9. The lowest BCUT2D eigenvalue weighted by Crippen LogP contribution is -2.62. The van der Waals surface area contributed by atoms with Gasteiger partial charge in [-0.15, -0.1) is 0 Å². The summed E-state index contributed by atoms with van der Waals surface area (Å²) in [6, 6.07) is 0. The third-order valence-electron chi connectivity index (χ3n) is 5.74. The minimum atomic E-state index is -0.302. The van der Waals surface area contributed by atoms with Gasteiger partial charge in [-0.05, 0) is 19.3 Å². The van der Waals surface area contributed by atoms with E-state index in [1.165, 1.54) is 92.7 Å². The molecular formula is C21H42N2O2+2. The second kappa shape index (κ2) is 11.7. The quantitative estimate of drug-likeness (QED) is 0.218. The molecule has 1 saturated heterocycles. The number of unbranched alkanes of at least 4 members (excludes halogenated alkanes) is 8. The van der Waals surface area contributed by atoms with Crippen molar-refractivity contribution in [1.29, 1.82) is 0 Å². The molecule has 146 valence electrons. The van der Waals surface area contributed by atoms with Gasteiger partial charge in [-0.3, -0.25) is 0 Å². The number of esters is 1. The minimum absolute atomic E-state index is 0.302.